The Morgan fingerprint density at radius 3 is 2.09 bits per heavy atom. The molecule has 0 bridgehead atoms. The van der Waals surface area contributed by atoms with Gasteiger partial charge in [-0.15, -0.1) is 0 Å². The highest BCUT2D eigenvalue weighted by molar-refractivity contribution is 5.90. The fraction of sp³-hybridized carbons (Fsp3) is 0.765. The van der Waals surface area contributed by atoms with Crippen LogP contribution in [0.4, 0.5) is 0 Å². The molecular formula is C34H54N4O5. The maximum Gasteiger partial charge on any atom is 0.257 e. The van der Waals surface area contributed by atoms with E-state index in [0.717, 1.165) is 43.2 Å². The molecule has 0 aromatic carbocycles. The van der Waals surface area contributed by atoms with Crippen molar-refractivity contribution in [3.05, 3.63) is 17.2 Å². The number of ether oxygens (including phenoxy) is 1. The molecule has 1 unspecified atom stereocenters. The summed E-state index contributed by atoms with van der Waals surface area (Å²) in [5.41, 5.74) is 1.60. The molecule has 240 valence electrons. The van der Waals surface area contributed by atoms with E-state index >= 15 is 0 Å². The first-order chi connectivity index (χ1) is 20.3. The molecule has 1 saturated carbocycles. The molecule has 1 aromatic heterocycles. The molecule has 3 heterocycles. The summed E-state index contributed by atoms with van der Waals surface area (Å²) in [6.45, 7) is 10.8. The monoisotopic (exact) mass is 598 g/mol. The van der Waals surface area contributed by atoms with Crippen LogP contribution in [-0.4, -0.2) is 60.6 Å². The van der Waals surface area contributed by atoms with E-state index in [1.165, 1.54) is 32.1 Å². The van der Waals surface area contributed by atoms with Crippen molar-refractivity contribution in [1.82, 2.24) is 14.9 Å². The van der Waals surface area contributed by atoms with Crippen molar-refractivity contribution < 1.29 is 24.5 Å². The summed E-state index contributed by atoms with van der Waals surface area (Å²) in [6, 6.07) is 0. The van der Waals surface area contributed by atoms with Crippen LogP contribution in [0.2, 0.25) is 0 Å². The second-order valence-electron chi connectivity index (χ2n) is 15.1. The van der Waals surface area contributed by atoms with Gasteiger partial charge in [0.25, 0.3) is 5.91 Å². The van der Waals surface area contributed by atoms with Gasteiger partial charge in [0.05, 0.1) is 0 Å². The lowest BCUT2D eigenvalue weighted by Crippen LogP contribution is -2.65. The SMILES string of the molecule is CC1C=Cc2c(c(O)n(NC(=O)CCN3C(=O)C4(CC(C)(C)NC(C)(C)C4)OC34CCCCCCCCCCC4)c2O)C1. The Morgan fingerprint density at radius 2 is 1.51 bits per heavy atom. The van der Waals surface area contributed by atoms with E-state index in [1.54, 1.807) is 6.08 Å². The Labute approximate surface area is 257 Å². The van der Waals surface area contributed by atoms with E-state index in [9.17, 15) is 19.8 Å². The van der Waals surface area contributed by atoms with Crippen molar-refractivity contribution in [3.8, 4) is 11.8 Å². The van der Waals surface area contributed by atoms with Gasteiger partial charge in [0, 0.05) is 48.0 Å². The number of aromatic nitrogens is 1. The smallest absolute Gasteiger partial charge is 0.257 e. The van der Waals surface area contributed by atoms with Gasteiger partial charge in [-0.1, -0.05) is 64.0 Å². The van der Waals surface area contributed by atoms with E-state index in [1.807, 2.05) is 17.9 Å². The molecule has 43 heavy (non-hydrogen) atoms. The Kier molecular flexibility index (Phi) is 8.98. The quantitative estimate of drug-likeness (QED) is 0.333. The lowest BCUT2D eigenvalue weighted by atomic mass is 9.72. The number of fused-ring (bicyclic) bond motifs is 1. The standard InChI is InChI=1S/C34H54N4O5/c1-24-15-16-25-26(21-24)29(41)38(28(25)40)35-27(39)17-20-37-30(42)33(22-31(2,3)36-32(4,5)23-33)43-34(37)18-13-11-9-7-6-8-10-12-14-19-34/h15-16,24,36,40-41H,6-14,17-23H2,1-5H3,(H,35,39). The zero-order valence-electron chi connectivity index (χ0n) is 27.1. The molecule has 9 heteroatoms. The highest BCUT2D eigenvalue weighted by Gasteiger charge is 2.64. The minimum atomic E-state index is -0.940. The maximum atomic E-state index is 14.6. The van der Waals surface area contributed by atoms with Crippen molar-refractivity contribution in [1.29, 1.82) is 0 Å². The normalized spacial score (nSPS) is 26.6. The summed E-state index contributed by atoms with van der Waals surface area (Å²) in [5, 5.41) is 25.3. The molecule has 1 atom stereocenters. The zero-order valence-corrected chi connectivity index (χ0v) is 27.1. The average molecular weight is 599 g/mol. The number of amides is 2. The number of nitrogens with one attached hydrogen (secondary N) is 2. The van der Waals surface area contributed by atoms with Crippen LogP contribution in [0.15, 0.2) is 6.08 Å². The highest BCUT2D eigenvalue weighted by Crippen LogP contribution is 2.51. The van der Waals surface area contributed by atoms with Gasteiger partial charge in [-0.05, 0) is 65.7 Å². The first-order valence-electron chi connectivity index (χ1n) is 16.7. The first-order valence-corrected chi connectivity index (χ1v) is 16.7. The Morgan fingerprint density at radius 1 is 0.953 bits per heavy atom. The number of carbonyl (C=O) groups is 2. The van der Waals surface area contributed by atoms with Crippen LogP contribution in [0.3, 0.4) is 0 Å². The van der Waals surface area contributed by atoms with E-state index < -0.39 is 11.3 Å². The first kappa shape index (κ1) is 31.9. The number of hydrogen-bond acceptors (Lipinski definition) is 6. The fourth-order valence-corrected chi connectivity index (χ4v) is 8.59. The predicted octanol–water partition coefficient (Wildman–Crippen LogP) is 6.10. The third-order valence-corrected chi connectivity index (χ3v) is 9.95. The molecule has 4 N–H and O–H groups in total. The second kappa shape index (κ2) is 12.1. The Hall–Kier alpha value is -2.52. The molecule has 0 radical (unpaired) electrons. The number of carbonyl (C=O) groups excluding carboxylic acids is 2. The van der Waals surface area contributed by atoms with Crippen LogP contribution in [0.5, 0.6) is 11.8 Å². The summed E-state index contributed by atoms with van der Waals surface area (Å²) in [5.74, 6) is -0.482. The zero-order chi connectivity index (χ0) is 31.0. The number of nitrogens with zero attached hydrogens (tertiary/aromatic N) is 2. The summed E-state index contributed by atoms with van der Waals surface area (Å²) in [6.07, 6.45) is 17.5. The lowest BCUT2D eigenvalue weighted by molar-refractivity contribution is -0.176. The van der Waals surface area contributed by atoms with Gasteiger partial charge in [0.1, 0.15) is 5.72 Å². The van der Waals surface area contributed by atoms with Crippen LogP contribution in [0.25, 0.3) is 6.08 Å². The predicted molar refractivity (Wildman–Crippen MR) is 168 cm³/mol. The topological polar surface area (TPSA) is 116 Å². The molecule has 2 saturated heterocycles. The second-order valence-corrected chi connectivity index (χ2v) is 15.1. The van der Waals surface area contributed by atoms with Gasteiger partial charge < -0.3 is 25.2 Å². The summed E-state index contributed by atoms with van der Waals surface area (Å²) >= 11 is 0. The molecule has 5 rings (SSSR count). The Bertz CT molecular complexity index is 1200. The van der Waals surface area contributed by atoms with Crippen molar-refractivity contribution in [3.63, 3.8) is 0 Å². The van der Waals surface area contributed by atoms with Gasteiger partial charge in [-0.2, -0.15) is 4.68 Å². The number of piperidine rings is 1. The molecule has 9 nitrogen and oxygen atoms in total. The van der Waals surface area contributed by atoms with E-state index in [-0.39, 0.29) is 53.5 Å². The summed E-state index contributed by atoms with van der Waals surface area (Å²) < 4.78 is 8.26. The van der Waals surface area contributed by atoms with Crippen LogP contribution >= 0.6 is 0 Å². The van der Waals surface area contributed by atoms with Crippen molar-refractivity contribution in [2.75, 3.05) is 12.0 Å². The number of rotatable bonds is 4. The van der Waals surface area contributed by atoms with E-state index in [4.69, 9.17) is 4.74 Å². The molecule has 1 aromatic rings. The molecule has 2 aliphatic heterocycles. The van der Waals surface area contributed by atoms with Crippen LogP contribution in [0.1, 0.15) is 136 Å². The third kappa shape index (κ3) is 6.63. The van der Waals surface area contributed by atoms with E-state index in [2.05, 4.69) is 38.4 Å². The third-order valence-electron chi connectivity index (χ3n) is 9.95. The molecular weight excluding hydrogens is 544 g/mol. The number of allylic oxidation sites excluding steroid dienone is 1. The van der Waals surface area contributed by atoms with Crippen molar-refractivity contribution in [2.45, 2.75) is 153 Å². The van der Waals surface area contributed by atoms with Crippen molar-refractivity contribution >= 4 is 17.9 Å². The van der Waals surface area contributed by atoms with E-state index in [0.29, 0.717) is 30.4 Å². The average Bonchev–Trinajstić information content (AvgIpc) is 3.25. The van der Waals surface area contributed by atoms with Crippen molar-refractivity contribution in [2.24, 2.45) is 5.92 Å². The minimum absolute atomic E-state index is 0.00343. The molecule has 3 fully saturated rings. The molecule has 2 aliphatic carbocycles. The molecule has 4 aliphatic rings. The van der Waals surface area contributed by atoms with Gasteiger partial charge in [0.15, 0.2) is 5.60 Å². The highest BCUT2D eigenvalue weighted by atomic mass is 16.6. The number of hydrogen-bond donors (Lipinski definition) is 4. The van der Waals surface area contributed by atoms with Gasteiger partial charge in [-0.3, -0.25) is 15.0 Å². The van der Waals surface area contributed by atoms with Gasteiger partial charge in [0.2, 0.25) is 17.7 Å². The van der Waals surface area contributed by atoms with Crippen LogP contribution in [0, 0.1) is 5.92 Å². The van der Waals surface area contributed by atoms with Gasteiger partial charge >= 0.3 is 0 Å². The minimum Gasteiger partial charge on any atom is -0.493 e. The summed E-state index contributed by atoms with van der Waals surface area (Å²) in [4.78, 5) is 29.8. The summed E-state index contributed by atoms with van der Waals surface area (Å²) in [7, 11) is 0. The van der Waals surface area contributed by atoms with Gasteiger partial charge in [-0.25, -0.2) is 0 Å². The fourth-order valence-electron chi connectivity index (χ4n) is 8.59. The molecule has 2 amide bonds. The maximum absolute atomic E-state index is 14.6. The largest absolute Gasteiger partial charge is 0.493 e. The molecule has 2 spiro atoms. The van der Waals surface area contributed by atoms with Crippen LogP contribution < -0.4 is 10.7 Å². The number of aromatic hydroxyl groups is 2. The lowest BCUT2D eigenvalue weighted by Gasteiger charge is -2.50. The Balaban J connectivity index is 1.39. The van der Waals surface area contributed by atoms with Crippen LogP contribution in [-0.2, 0) is 20.7 Å².